The Morgan fingerprint density at radius 1 is 1.32 bits per heavy atom. The van der Waals surface area contributed by atoms with Crippen LogP contribution in [0.25, 0.3) is 0 Å². The molecular weight excluding hydrogens is 280 g/mol. The molecule has 1 aliphatic rings. The Morgan fingerprint density at radius 3 is 2.59 bits per heavy atom. The number of hydrogen-bond donors (Lipinski definition) is 1. The average molecular weight is 306 g/mol. The number of hydrogen-bond acceptors (Lipinski definition) is 4. The summed E-state index contributed by atoms with van der Waals surface area (Å²) in [6.07, 6.45) is 1.65. The van der Waals surface area contributed by atoms with Crippen molar-refractivity contribution >= 4 is 6.09 Å². The SMILES string of the molecule is CCN(CCO)C1CCN(C(=O)OCc2ccccc2)CC1. The first-order valence-electron chi connectivity index (χ1n) is 8.05. The fourth-order valence-electron chi connectivity index (χ4n) is 2.95. The number of amides is 1. The molecule has 0 saturated carbocycles. The first-order chi connectivity index (χ1) is 10.7. The molecule has 0 unspecified atom stereocenters. The van der Waals surface area contributed by atoms with Crippen molar-refractivity contribution in [3.05, 3.63) is 35.9 Å². The minimum atomic E-state index is -0.229. The van der Waals surface area contributed by atoms with E-state index in [1.807, 2.05) is 30.3 Å². The maximum Gasteiger partial charge on any atom is 0.410 e. The Morgan fingerprint density at radius 2 is 2.00 bits per heavy atom. The molecule has 2 rings (SSSR count). The van der Waals surface area contributed by atoms with Crippen LogP contribution in [-0.2, 0) is 11.3 Å². The molecule has 22 heavy (non-hydrogen) atoms. The van der Waals surface area contributed by atoms with Crippen LogP contribution in [0.1, 0.15) is 25.3 Å². The van der Waals surface area contributed by atoms with Gasteiger partial charge in [0.05, 0.1) is 6.61 Å². The van der Waals surface area contributed by atoms with Crippen LogP contribution >= 0.6 is 0 Å². The van der Waals surface area contributed by atoms with Gasteiger partial charge in [0.15, 0.2) is 0 Å². The van der Waals surface area contributed by atoms with Gasteiger partial charge in [0.1, 0.15) is 6.61 Å². The van der Waals surface area contributed by atoms with Gasteiger partial charge in [-0.05, 0) is 24.9 Å². The third-order valence-electron chi connectivity index (χ3n) is 4.24. The number of carbonyl (C=O) groups excluding carboxylic acids is 1. The van der Waals surface area contributed by atoms with Gasteiger partial charge in [-0.25, -0.2) is 4.79 Å². The fourth-order valence-corrected chi connectivity index (χ4v) is 2.95. The molecule has 5 heteroatoms. The minimum Gasteiger partial charge on any atom is -0.445 e. The van der Waals surface area contributed by atoms with E-state index in [9.17, 15) is 4.79 Å². The lowest BCUT2D eigenvalue weighted by Crippen LogP contribution is -2.47. The molecule has 1 fully saturated rings. The molecule has 1 amide bonds. The third-order valence-corrected chi connectivity index (χ3v) is 4.24. The van der Waals surface area contributed by atoms with Crippen LogP contribution < -0.4 is 0 Å². The standard InChI is InChI=1S/C17H26N2O3/c1-2-18(12-13-20)16-8-10-19(11-9-16)17(21)22-14-15-6-4-3-5-7-15/h3-7,16,20H,2,8-14H2,1H3. The number of aliphatic hydroxyl groups is 1. The molecular formula is C17H26N2O3. The molecule has 1 saturated heterocycles. The van der Waals surface area contributed by atoms with E-state index in [1.165, 1.54) is 0 Å². The average Bonchev–Trinajstić information content (AvgIpc) is 2.58. The molecule has 1 aliphatic heterocycles. The lowest BCUT2D eigenvalue weighted by molar-refractivity contribution is 0.0643. The Bertz CT molecular complexity index is 444. The van der Waals surface area contributed by atoms with Crippen LogP contribution in [0.2, 0.25) is 0 Å². The summed E-state index contributed by atoms with van der Waals surface area (Å²) < 4.78 is 5.37. The Balaban J connectivity index is 1.75. The van der Waals surface area contributed by atoms with E-state index >= 15 is 0 Å². The minimum absolute atomic E-state index is 0.188. The molecule has 0 spiro atoms. The Kier molecular flexibility index (Phi) is 6.68. The molecule has 1 N–H and O–H groups in total. The zero-order valence-corrected chi connectivity index (χ0v) is 13.3. The Hall–Kier alpha value is -1.59. The summed E-state index contributed by atoms with van der Waals surface area (Å²) in [7, 11) is 0. The highest BCUT2D eigenvalue weighted by atomic mass is 16.6. The van der Waals surface area contributed by atoms with Crippen LogP contribution in [0, 0.1) is 0 Å². The van der Waals surface area contributed by atoms with Gasteiger partial charge in [-0.2, -0.15) is 0 Å². The third kappa shape index (κ3) is 4.71. The first kappa shape index (κ1) is 16.8. The molecule has 5 nitrogen and oxygen atoms in total. The summed E-state index contributed by atoms with van der Waals surface area (Å²) in [6.45, 7) is 5.71. The fraction of sp³-hybridized carbons (Fsp3) is 0.588. The van der Waals surface area contributed by atoms with Gasteiger partial charge in [0.25, 0.3) is 0 Å². The number of rotatable bonds is 6. The van der Waals surface area contributed by atoms with Crippen molar-refractivity contribution in [2.24, 2.45) is 0 Å². The van der Waals surface area contributed by atoms with Crippen molar-refractivity contribution in [3.8, 4) is 0 Å². The summed E-state index contributed by atoms with van der Waals surface area (Å²) in [4.78, 5) is 16.2. The number of likely N-dealkylation sites (N-methyl/N-ethyl adjacent to an activating group) is 1. The van der Waals surface area contributed by atoms with Crippen molar-refractivity contribution in [2.45, 2.75) is 32.4 Å². The van der Waals surface area contributed by atoms with Crippen molar-refractivity contribution in [1.82, 2.24) is 9.80 Å². The van der Waals surface area contributed by atoms with Gasteiger partial charge in [0.2, 0.25) is 0 Å². The summed E-state index contributed by atoms with van der Waals surface area (Å²) in [5, 5.41) is 9.09. The molecule has 122 valence electrons. The predicted molar refractivity (Wildman–Crippen MR) is 85.6 cm³/mol. The summed E-state index contributed by atoms with van der Waals surface area (Å²) >= 11 is 0. The number of nitrogens with zero attached hydrogens (tertiary/aromatic N) is 2. The molecule has 0 atom stereocenters. The highest BCUT2D eigenvalue weighted by Crippen LogP contribution is 2.17. The van der Waals surface area contributed by atoms with E-state index in [0.29, 0.717) is 19.2 Å². The van der Waals surface area contributed by atoms with Gasteiger partial charge < -0.3 is 14.7 Å². The zero-order chi connectivity index (χ0) is 15.8. The number of likely N-dealkylation sites (tertiary alicyclic amines) is 1. The number of benzene rings is 1. The van der Waals surface area contributed by atoms with Crippen molar-refractivity contribution in [2.75, 3.05) is 32.8 Å². The van der Waals surface area contributed by atoms with E-state index in [2.05, 4.69) is 11.8 Å². The number of aliphatic hydroxyl groups excluding tert-OH is 1. The lowest BCUT2D eigenvalue weighted by atomic mass is 10.0. The summed E-state index contributed by atoms with van der Waals surface area (Å²) in [5.41, 5.74) is 1.01. The van der Waals surface area contributed by atoms with Crippen LogP contribution in [0.15, 0.2) is 30.3 Å². The van der Waals surface area contributed by atoms with Crippen LogP contribution in [0.5, 0.6) is 0 Å². The molecule has 0 radical (unpaired) electrons. The van der Waals surface area contributed by atoms with E-state index in [0.717, 1.165) is 38.0 Å². The van der Waals surface area contributed by atoms with E-state index in [4.69, 9.17) is 9.84 Å². The zero-order valence-electron chi connectivity index (χ0n) is 13.3. The first-order valence-corrected chi connectivity index (χ1v) is 8.05. The van der Waals surface area contributed by atoms with Crippen LogP contribution in [-0.4, -0.2) is 59.8 Å². The van der Waals surface area contributed by atoms with Crippen molar-refractivity contribution < 1.29 is 14.6 Å². The molecule has 0 aliphatic carbocycles. The predicted octanol–water partition coefficient (Wildman–Crippen LogP) is 2.10. The largest absolute Gasteiger partial charge is 0.445 e. The van der Waals surface area contributed by atoms with E-state index in [-0.39, 0.29) is 12.7 Å². The highest BCUT2D eigenvalue weighted by Gasteiger charge is 2.26. The molecule has 1 aromatic carbocycles. The number of carbonyl (C=O) groups is 1. The van der Waals surface area contributed by atoms with Crippen LogP contribution in [0.4, 0.5) is 4.79 Å². The second-order valence-electron chi connectivity index (χ2n) is 5.61. The van der Waals surface area contributed by atoms with Crippen molar-refractivity contribution in [1.29, 1.82) is 0 Å². The summed E-state index contributed by atoms with van der Waals surface area (Å²) in [5.74, 6) is 0. The summed E-state index contributed by atoms with van der Waals surface area (Å²) in [6, 6.07) is 10.2. The number of ether oxygens (including phenoxy) is 1. The van der Waals surface area contributed by atoms with Crippen LogP contribution in [0.3, 0.4) is 0 Å². The van der Waals surface area contributed by atoms with Gasteiger partial charge >= 0.3 is 6.09 Å². The van der Waals surface area contributed by atoms with E-state index in [1.54, 1.807) is 4.90 Å². The van der Waals surface area contributed by atoms with Gasteiger partial charge in [-0.1, -0.05) is 37.3 Å². The molecule has 1 aromatic rings. The molecule has 1 heterocycles. The monoisotopic (exact) mass is 306 g/mol. The lowest BCUT2D eigenvalue weighted by Gasteiger charge is -2.37. The maximum atomic E-state index is 12.1. The van der Waals surface area contributed by atoms with Gasteiger partial charge in [-0.3, -0.25) is 4.90 Å². The van der Waals surface area contributed by atoms with E-state index < -0.39 is 0 Å². The van der Waals surface area contributed by atoms with Crippen molar-refractivity contribution in [3.63, 3.8) is 0 Å². The van der Waals surface area contributed by atoms with Gasteiger partial charge in [0, 0.05) is 25.7 Å². The second-order valence-corrected chi connectivity index (χ2v) is 5.61. The quantitative estimate of drug-likeness (QED) is 0.874. The topological polar surface area (TPSA) is 53.0 Å². The Labute approximate surface area is 132 Å². The smallest absolute Gasteiger partial charge is 0.410 e. The molecule has 0 bridgehead atoms. The maximum absolute atomic E-state index is 12.1. The molecule has 0 aromatic heterocycles. The highest BCUT2D eigenvalue weighted by molar-refractivity contribution is 5.67. The number of piperidine rings is 1. The second kappa shape index (κ2) is 8.76. The van der Waals surface area contributed by atoms with Gasteiger partial charge in [-0.15, -0.1) is 0 Å². The normalized spacial score (nSPS) is 16.0.